The van der Waals surface area contributed by atoms with Crippen LogP contribution in [0.2, 0.25) is 5.02 Å². The molecule has 0 radical (unpaired) electrons. The molecule has 18 heavy (non-hydrogen) atoms. The minimum Gasteiger partial charge on any atom is -0.496 e. The van der Waals surface area contributed by atoms with E-state index >= 15 is 0 Å². The Labute approximate surface area is 114 Å². The zero-order chi connectivity index (χ0) is 13.7. The lowest BCUT2D eigenvalue weighted by molar-refractivity contribution is 0.405. The Kier molecular flexibility index (Phi) is 5.46. The molecule has 1 aromatic carbocycles. The van der Waals surface area contributed by atoms with E-state index in [1.54, 1.807) is 7.11 Å². The zero-order valence-electron chi connectivity index (χ0n) is 11.4. The maximum atomic E-state index is 8.49. The first-order valence-electron chi connectivity index (χ1n) is 5.94. The number of nitrogens with zero attached hydrogens (tertiary/aromatic N) is 1. The van der Waals surface area contributed by atoms with Crippen molar-refractivity contribution in [2.24, 2.45) is 0 Å². The van der Waals surface area contributed by atoms with Crippen LogP contribution < -0.4 is 10.1 Å². The van der Waals surface area contributed by atoms with Crippen LogP contribution in [0.3, 0.4) is 0 Å². The van der Waals surface area contributed by atoms with Gasteiger partial charge in [0.25, 0.3) is 0 Å². The van der Waals surface area contributed by atoms with Gasteiger partial charge in [0.1, 0.15) is 5.75 Å². The van der Waals surface area contributed by atoms with E-state index in [-0.39, 0.29) is 0 Å². The molecule has 0 atom stereocenters. The fraction of sp³-hybridized carbons (Fsp3) is 0.500. The van der Waals surface area contributed by atoms with Gasteiger partial charge in [-0.05, 0) is 43.9 Å². The Bertz CT molecular complexity index is 478. The Morgan fingerprint density at radius 3 is 2.44 bits per heavy atom. The number of rotatable bonds is 5. The van der Waals surface area contributed by atoms with Crippen molar-refractivity contribution < 1.29 is 4.74 Å². The van der Waals surface area contributed by atoms with E-state index in [0.29, 0.717) is 6.54 Å². The average Bonchev–Trinajstić information content (AvgIpc) is 2.38. The van der Waals surface area contributed by atoms with E-state index in [0.717, 1.165) is 46.0 Å². The third-order valence-corrected chi connectivity index (χ3v) is 3.82. The fourth-order valence-corrected chi connectivity index (χ4v) is 2.34. The van der Waals surface area contributed by atoms with E-state index < -0.39 is 0 Å². The summed E-state index contributed by atoms with van der Waals surface area (Å²) < 4.78 is 5.50. The highest BCUT2D eigenvalue weighted by molar-refractivity contribution is 6.32. The molecule has 0 aliphatic rings. The number of methoxy groups -OCH3 is 1. The van der Waals surface area contributed by atoms with Crippen molar-refractivity contribution in [1.82, 2.24) is 5.32 Å². The number of hydrogen-bond donors (Lipinski definition) is 1. The van der Waals surface area contributed by atoms with Crippen LogP contribution >= 0.6 is 11.6 Å². The summed E-state index contributed by atoms with van der Waals surface area (Å²) in [6, 6.07) is 2.06. The Morgan fingerprint density at radius 1 is 1.22 bits per heavy atom. The number of ether oxygens (including phenoxy) is 1. The van der Waals surface area contributed by atoms with Crippen molar-refractivity contribution in [2.75, 3.05) is 20.2 Å². The molecular weight excluding hydrogens is 248 g/mol. The van der Waals surface area contributed by atoms with Gasteiger partial charge in [-0.15, -0.1) is 0 Å². The van der Waals surface area contributed by atoms with E-state index in [1.807, 2.05) is 20.8 Å². The molecule has 1 rings (SSSR count). The van der Waals surface area contributed by atoms with Crippen molar-refractivity contribution >= 4 is 11.6 Å². The van der Waals surface area contributed by atoms with Gasteiger partial charge >= 0.3 is 0 Å². The molecule has 4 heteroatoms. The van der Waals surface area contributed by atoms with Crippen molar-refractivity contribution in [1.29, 1.82) is 5.26 Å². The van der Waals surface area contributed by atoms with Gasteiger partial charge in [-0.1, -0.05) is 11.6 Å². The molecule has 3 nitrogen and oxygen atoms in total. The summed E-state index contributed by atoms with van der Waals surface area (Å²) in [4.78, 5) is 0. The predicted molar refractivity (Wildman–Crippen MR) is 74.4 cm³/mol. The highest BCUT2D eigenvalue weighted by Gasteiger charge is 2.16. The molecule has 0 aromatic heterocycles. The molecule has 0 aliphatic carbocycles. The largest absolute Gasteiger partial charge is 0.496 e. The summed E-state index contributed by atoms with van der Waals surface area (Å²) in [5, 5.41) is 12.3. The summed E-state index contributed by atoms with van der Waals surface area (Å²) >= 11 is 6.33. The summed E-state index contributed by atoms with van der Waals surface area (Å²) in [7, 11) is 1.68. The second-order valence-electron chi connectivity index (χ2n) is 4.29. The van der Waals surface area contributed by atoms with Gasteiger partial charge in [0, 0.05) is 17.1 Å². The molecule has 0 unspecified atom stereocenters. The lowest BCUT2D eigenvalue weighted by Crippen LogP contribution is -2.18. The average molecular weight is 267 g/mol. The maximum Gasteiger partial charge on any atom is 0.125 e. The van der Waals surface area contributed by atoms with Gasteiger partial charge in [-0.3, -0.25) is 0 Å². The lowest BCUT2D eigenvalue weighted by Gasteiger charge is -2.18. The van der Waals surface area contributed by atoms with Gasteiger partial charge in [-0.2, -0.15) is 5.26 Å². The molecule has 0 fully saturated rings. The van der Waals surface area contributed by atoms with Gasteiger partial charge in [0.15, 0.2) is 0 Å². The standard InChI is InChI=1S/C14H19ClN2O/c1-9-10(2)14(18-4)12(11(3)13(9)15)5-7-17-8-6-16/h17H,5,7-8H2,1-4H3. The first kappa shape index (κ1) is 14.8. The number of nitriles is 1. The summed E-state index contributed by atoms with van der Waals surface area (Å²) in [6.45, 7) is 7.14. The molecule has 0 aliphatic heterocycles. The fourth-order valence-electron chi connectivity index (χ4n) is 2.08. The first-order chi connectivity index (χ1) is 8.54. The minimum absolute atomic E-state index is 0.361. The van der Waals surface area contributed by atoms with Crippen molar-refractivity contribution in [3.63, 3.8) is 0 Å². The molecule has 0 saturated heterocycles. The maximum absolute atomic E-state index is 8.49. The Hall–Kier alpha value is -1.24. The zero-order valence-corrected chi connectivity index (χ0v) is 12.1. The smallest absolute Gasteiger partial charge is 0.125 e. The van der Waals surface area contributed by atoms with Crippen LogP contribution in [-0.4, -0.2) is 20.2 Å². The van der Waals surface area contributed by atoms with Crippen molar-refractivity contribution in [2.45, 2.75) is 27.2 Å². The van der Waals surface area contributed by atoms with Crippen LogP contribution in [0.4, 0.5) is 0 Å². The van der Waals surface area contributed by atoms with Crippen molar-refractivity contribution in [3.8, 4) is 11.8 Å². The summed E-state index contributed by atoms with van der Waals surface area (Å²) in [6.07, 6.45) is 0.803. The third-order valence-electron chi connectivity index (χ3n) is 3.25. The number of halogens is 1. The molecule has 0 heterocycles. The van der Waals surface area contributed by atoms with E-state index in [4.69, 9.17) is 21.6 Å². The van der Waals surface area contributed by atoms with E-state index in [9.17, 15) is 0 Å². The third kappa shape index (κ3) is 2.95. The molecule has 0 spiro atoms. The monoisotopic (exact) mass is 266 g/mol. The quantitative estimate of drug-likeness (QED) is 0.658. The van der Waals surface area contributed by atoms with Crippen LogP contribution in [0, 0.1) is 32.1 Å². The topological polar surface area (TPSA) is 45.0 Å². The normalized spacial score (nSPS) is 10.2. The van der Waals surface area contributed by atoms with Gasteiger partial charge in [0.05, 0.1) is 19.7 Å². The van der Waals surface area contributed by atoms with Crippen LogP contribution in [0.1, 0.15) is 22.3 Å². The molecule has 1 aromatic rings. The van der Waals surface area contributed by atoms with Crippen LogP contribution in [0.25, 0.3) is 0 Å². The molecule has 1 N–H and O–H groups in total. The molecule has 0 saturated carbocycles. The van der Waals surface area contributed by atoms with Gasteiger partial charge in [0.2, 0.25) is 0 Å². The molecule has 98 valence electrons. The summed E-state index contributed by atoms with van der Waals surface area (Å²) in [5.41, 5.74) is 4.34. The molecule has 0 bridgehead atoms. The number of hydrogen-bond acceptors (Lipinski definition) is 3. The lowest BCUT2D eigenvalue weighted by atomic mass is 9.96. The number of nitrogens with one attached hydrogen (secondary N) is 1. The van der Waals surface area contributed by atoms with Crippen LogP contribution in [0.5, 0.6) is 5.75 Å². The van der Waals surface area contributed by atoms with Crippen LogP contribution in [0.15, 0.2) is 0 Å². The van der Waals surface area contributed by atoms with E-state index in [1.165, 1.54) is 0 Å². The molecular formula is C14H19ClN2O. The highest BCUT2D eigenvalue weighted by atomic mass is 35.5. The minimum atomic E-state index is 0.361. The van der Waals surface area contributed by atoms with Crippen LogP contribution in [-0.2, 0) is 6.42 Å². The van der Waals surface area contributed by atoms with E-state index in [2.05, 4.69) is 11.4 Å². The summed E-state index contributed by atoms with van der Waals surface area (Å²) in [5.74, 6) is 0.910. The second kappa shape index (κ2) is 6.63. The highest BCUT2D eigenvalue weighted by Crippen LogP contribution is 2.35. The predicted octanol–water partition coefficient (Wildman–Crippen LogP) is 2.93. The SMILES string of the molecule is COc1c(C)c(C)c(Cl)c(C)c1CCNCC#N. The number of benzene rings is 1. The van der Waals surface area contributed by atoms with Gasteiger partial charge in [-0.25, -0.2) is 0 Å². The second-order valence-corrected chi connectivity index (χ2v) is 4.66. The first-order valence-corrected chi connectivity index (χ1v) is 6.32. The Balaban J connectivity index is 3.06. The van der Waals surface area contributed by atoms with Gasteiger partial charge < -0.3 is 10.1 Å². The van der Waals surface area contributed by atoms with Crippen molar-refractivity contribution in [3.05, 3.63) is 27.3 Å². The molecule has 0 amide bonds. The Morgan fingerprint density at radius 2 is 1.89 bits per heavy atom.